The van der Waals surface area contributed by atoms with E-state index in [1.807, 2.05) is 0 Å². The summed E-state index contributed by atoms with van der Waals surface area (Å²) in [5.41, 5.74) is 1.99. The number of benzene rings is 2. The number of halogens is 2. The van der Waals surface area contributed by atoms with Gasteiger partial charge in [0.05, 0.1) is 9.40 Å². The molecular weight excluding hydrogens is 333 g/mol. The summed E-state index contributed by atoms with van der Waals surface area (Å²) in [5, 5.41) is 11.1. The molecule has 0 saturated carbocycles. The Morgan fingerprint density at radius 1 is 1.30 bits per heavy atom. The lowest BCUT2D eigenvalue weighted by molar-refractivity contribution is -0.384. The highest BCUT2D eigenvalue weighted by Crippen LogP contribution is 2.39. The molecule has 8 heteroatoms. The van der Waals surface area contributed by atoms with E-state index in [9.17, 15) is 14.5 Å². The summed E-state index contributed by atoms with van der Waals surface area (Å²) in [5.74, 6) is 4.79. The van der Waals surface area contributed by atoms with Crippen LogP contribution < -0.4 is 16.0 Å². The number of hydrazine groups is 1. The highest BCUT2D eigenvalue weighted by atomic mass is 79.9. The summed E-state index contributed by atoms with van der Waals surface area (Å²) in [7, 11) is 0. The number of nitrogen functional groups attached to an aromatic ring is 1. The molecule has 0 aliphatic carbocycles. The second kappa shape index (κ2) is 5.85. The molecule has 0 saturated heterocycles. The van der Waals surface area contributed by atoms with E-state index in [4.69, 9.17) is 10.6 Å². The zero-order chi connectivity index (χ0) is 14.7. The van der Waals surface area contributed by atoms with E-state index in [-0.39, 0.29) is 22.9 Å². The van der Waals surface area contributed by atoms with E-state index in [1.165, 1.54) is 30.3 Å². The van der Waals surface area contributed by atoms with Crippen LogP contribution in [0.4, 0.5) is 15.8 Å². The van der Waals surface area contributed by atoms with E-state index < -0.39 is 10.7 Å². The number of ether oxygens (including phenoxy) is 1. The predicted molar refractivity (Wildman–Crippen MR) is 75.1 cm³/mol. The van der Waals surface area contributed by atoms with Gasteiger partial charge in [-0.15, -0.1) is 0 Å². The molecule has 0 spiro atoms. The van der Waals surface area contributed by atoms with Crippen LogP contribution in [0.1, 0.15) is 0 Å². The summed E-state index contributed by atoms with van der Waals surface area (Å²) in [6, 6.07) is 8.17. The first-order valence-electron chi connectivity index (χ1n) is 5.40. The van der Waals surface area contributed by atoms with Gasteiger partial charge in [0.2, 0.25) is 5.75 Å². The number of rotatable bonds is 4. The zero-order valence-corrected chi connectivity index (χ0v) is 11.6. The van der Waals surface area contributed by atoms with Crippen LogP contribution in [0.5, 0.6) is 11.5 Å². The first-order chi connectivity index (χ1) is 9.52. The fourth-order valence-electron chi connectivity index (χ4n) is 1.58. The Balaban J connectivity index is 2.48. The maximum atomic E-state index is 13.2. The summed E-state index contributed by atoms with van der Waals surface area (Å²) in [6.07, 6.45) is 0. The Hall–Kier alpha value is -2.19. The van der Waals surface area contributed by atoms with Crippen LogP contribution in [0.15, 0.2) is 40.9 Å². The number of para-hydroxylation sites is 1. The zero-order valence-electron chi connectivity index (χ0n) is 9.97. The summed E-state index contributed by atoms with van der Waals surface area (Å²) in [6.45, 7) is 0. The molecule has 6 nitrogen and oxygen atoms in total. The van der Waals surface area contributed by atoms with Gasteiger partial charge in [-0.25, -0.2) is 4.39 Å². The van der Waals surface area contributed by atoms with Gasteiger partial charge in [-0.2, -0.15) is 0 Å². The molecule has 20 heavy (non-hydrogen) atoms. The number of nitro groups is 1. The topological polar surface area (TPSA) is 90.4 Å². The van der Waals surface area contributed by atoms with E-state index >= 15 is 0 Å². The Bertz CT molecular complexity index is 666. The van der Waals surface area contributed by atoms with Gasteiger partial charge >= 0.3 is 5.69 Å². The minimum atomic E-state index is -0.627. The van der Waals surface area contributed by atoms with Gasteiger partial charge in [-0.1, -0.05) is 6.07 Å². The van der Waals surface area contributed by atoms with Crippen molar-refractivity contribution in [1.29, 1.82) is 0 Å². The van der Waals surface area contributed by atoms with Gasteiger partial charge in [0.15, 0.2) is 0 Å². The molecule has 3 N–H and O–H groups in total. The van der Waals surface area contributed by atoms with Crippen LogP contribution in [0.2, 0.25) is 0 Å². The third-order valence-corrected chi connectivity index (χ3v) is 3.11. The van der Waals surface area contributed by atoms with E-state index in [0.29, 0.717) is 4.47 Å². The molecule has 0 radical (unpaired) electrons. The SMILES string of the molecule is NNc1cccc(Oc2cc(F)ccc2Br)c1[N+](=O)[O-]. The lowest BCUT2D eigenvalue weighted by Gasteiger charge is -2.10. The van der Waals surface area contributed by atoms with Crippen LogP contribution in [-0.4, -0.2) is 4.92 Å². The Kier molecular flexibility index (Phi) is 4.16. The molecule has 0 bridgehead atoms. The van der Waals surface area contributed by atoms with Crippen LogP contribution in [0.3, 0.4) is 0 Å². The highest BCUT2D eigenvalue weighted by molar-refractivity contribution is 9.10. The van der Waals surface area contributed by atoms with Crippen molar-refractivity contribution in [2.75, 3.05) is 5.43 Å². The van der Waals surface area contributed by atoms with Crippen molar-refractivity contribution >= 4 is 27.3 Å². The third-order valence-electron chi connectivity index (χ3n) is 2.45. The molecule has 0 fully saturated rings. The van der Waals surface area contributed by atoms with Gasteiger partial charge < -0.3 is 10.2 Å². The maximum absolute atomic E-state index is 13.2. The van der Waals surface area contributed by atoms with Crippen molar-refractivity contribution in [3.63, 3.8) is 0 Å². The quantitative estimate of drug-likeness (QED) is 0.504. The number of nitrogens with zero attached hydrogens (tertiary/aromatic N) is 1. The largest absolute Gasteiger partial charge is 0.449 e. The number of hydrogen-bond donors (Lipinski definition) is 2. The van der Waals surface area contributed by atoms with Crippen LogP contribution in [0.25, 0.3) is 0 Å². The van der Waals surface area contributed by atoms with Crippen LogP contribution in [0, 0.1) is 15.9 Å². The molecule has 2 rings (SSSR count). The van der Waals surface area contributed by atoms with E-state index in [1.54, 1.807) is 0 Å². The van der Waals surface area contributed by atoms with Gasteiger partial charge in [-0.05, 0) is 40.2 Å². The second-order valence-electron chi connectivity index (χ2n) is 3.73. The number of nitrogens with two attached hydrogens (primary N) is 1. The smallest absolute Gasteiger partial charge is 0.335 e. The fourth-order valence-corrected chi connectivity index (χ4v) is 1.91. The van der Waals surface area contributed by atoms with E-state index in [0.717, 1.165) is 6.07 Å². The Labute approximate surface area is 121 Å². The molecular formula is C12H9BrFN3O3. The van der Waals surface area contributed by atoms with Crippen molar-refractivity contribution < 1.29 is 14.1 Å². The first kappa shape index (κ1) is 14.2. The molecule has 0 aliphatic rings. The highest BCUT2D eigenvalue weighted by Gasteiger charge is 2.21. The number of nitro benzene ring substituents is 1. The molecule has 0 atom stereocenters. The standard InChI is InChI=1S/C12H9BrFN3O3/c13-8-5-4-7(14)6-11(8)20-10-3-1-2-9(16-15)12(10)17(18)19/h1-6,16H,15H2. The molecule has 0 unspecified atom stereocenters. The van der Waals surface area contributed by atoms with Gasteiger partial charge in [0.1, 0.15) is 17.3 Å². The molecule has 104 valence electrons. The Morgan fingerprint density at radius 3 is 2.70 bits per heavy atom. The summed E-state index contributed by atoms with van der Waals surface area (Å²) in [4.78, 5) is 10.5. The normalized spacial score (nSPS) is 10.2. The monoisotopic (exact) mass is 341 g/mol. The van der Waals surface area contributed by atoms with Crippen molar-refractivity contribution in [1.82, 2.24) is 0 Å². The van der Waals surface area contributed by atoms with Crippen molar-refractivity contribution in [3.05, 3.63) is 56.8 Å². The first-order valence-corrected chi connectivity index (χ1v) is 6.19. The van der Waals surface area contributed by atoms with Crippen molar-refractivity contribution in [3.8, 4) is 11.5 Å². The molecule has 0 heterocycles. The average Bonchev–Trinajstić information content (AvgIpc) is 2.42. The van der Waals surface area contributed by atoms with Gasteiger partial charge in [-0.3, -0.25) is 16.0 Å². The fraction of sp³-hybridized carbons (Fsp3) is 0. The van der Waals surface area contributed by atoms with Gasteiger partial charge in [0.25, 0.3) is 0 Å². The van der Waals surface area contributed by atoms with Crippen LogP contribution >= 0.6 is 15.9 Å². The van der Waals surface area contributed by atoms with Crippen molar-refractivity contribution in [2.45, 2.75) is 0 Å². The second-order valence-corrected chi connectivity index (χ2v) is 4.58. The molecule has 0 aliphatic heterocycles. The Morgan fingerprint density at radius 2 is 2.05 bits per heavy atom. The van der Waals surface area contributed by atoms with E-state index in [2.05, 4.69) is 21.4 Å². The summed E-state index contributed by atoms with van der Waals surface area (Å²) >= 11 is 3.18. The van der Waals surface area contributed by atoms with Crippen LogP contribution in [-0.2, 0) is 0 Å². The molecule has 0 amide bonds. The third kappa shape index (κ3) is 2.86. The minimum Gasteiger partial charge on any atom is -0.449 e. The lowest BCUT2D eigenvalue weighted by Crippen LogP contribution is -2.09. The lowest BCUT2D eigenvalue weighted by atomic mass is 10.2. The molecule has 2 aromatic carbocycles. The molecule has 0 aromatic heterocycles. The maximum Gasteiger partial charge on any atom is 0.335 e. The number of anilines is 1. The summed E-state index contributed by atoms with van der Waals surface area (Å²) < 4.78 is 19.1. The number of nitrogens with one attached hydrogen (secondary N) is 1. The predicted octanol–water partition coefficient (Wildman–Crippen LogP) is 3.57. The van der Waals surface area contributed by atoms with Gasteiger partial charge in [0, 0.05) is 6.07 Å². The minimum absolute atomic E-state index is 0.0447. The van der Waals surface area contributed by atoms with Crippen molar-refractivity contribution in [2.24, 2.45) is 5.84 Å². The number of hydrogen-bond acceptors (Lipinski definition) is 5. The molecule has 2 aromatic rings. The average molecular weight is 342 g/mol.